The molecular weight excluding hydrogens is 280 g/mol. The lowest BCUT2D eigenvalue weighted by Gasteiger charge is -2.13. The minimum atomic E-state index is -1.16. The standard InChI is InChI=1S/C13H14N2O4S/c16-7-3-9(13(18)19)14-12(17)11-10(4-8-20-11)15-5-1-2-6-15/h1-2,4-6,8-9,16H,3,7H2,(H,14,17)(H,18,19)/t9-/m0/s1. The molecule has 0 aliphatic heterocycles. The number of hydrogen-bond acceptors (Lipinski definition) is 4. The Morgan fingerprint density at radius 2 is 2.05 bits per heavy atom. The number of amides is 1. The number of thiophene rings is 1. The van der Waals surface area contributed by atoms with Gasteiger partial charge in [-0.1, -0.05) is 0 Å². The van der Waals surface area contributed by atoms with Crippen molar-refractivity contribution >= 4 is 23.2 Å². The molecule has 0 saturated heterocycles. The molecule has 106 valence electrons. The molecule has 0 bridgehead atoms. The van der Waals surface area contributed by atoms with E-state index in [4.69, 9.17) is 10.2 Å². The van der Waals surface area contributed by atoms with E-state index in [1.54, 1.807) is 28.4 Å². The first-order valence-corrected chi connectivity index (χ1v) is 6.87. The van der Waals surface area contributed by atoms with Crippen LogP contribution in [0.2, 0.25) is 0 Å². The van der Waals surface area contributed by atoms with Crippen molar-refractivity contribution in [2.75, 3.05) is 6.61 Å². The molecule has 2 aromatic heterocycles. The fraction of sp³-hybridized carbons (Fsp3) is 0.231. The largest absolute Gasteiger partial charge is 0.480 e. The quantitative estimate of drug-likeness (QED) is 0.744. The van der Waals surface area contributed by atoms with E-state index in [2.05, 4.69) is 5.32 Å². The second-order valence-corrected chi connectivity index (χ2v) is 5.02. The Morgan fingerprint density at radius 1 is 1.35 bits per heavy atom. The number of carboxylic acid groups (broad SMARTS) is 1. The van der Waals surface area contributed by atoms with Gasteiger partial charge in [0.1, 0.15) is 10.9 Å². The van der Waals surface area contributed by atoms with Crippen LogP contribution in [0.3, 0.4) is 0 Å². The van der Waals surface area contributed by atoms with Crippen molar-refractivity contribution in [1.82, 2.24) is 9.88 Å². The number of carbonyl (C=O) groups excluding carboxylic acids is 1. The zero-order valence-corrected chi connectivity index (χ0v) is 11.3. The number of aliphatic hydroxyl groups excluding tert-OH is 1. The van der Waals surface area contributed by atoms with Crippen LogP contribution in [-0.4, -0.2) is 39.3 Å². The Labute approximate surface area is 119 Å². The third-order valence-corrected chi connectivity index (χ3v) is 3.66. The predicted molar refractivity (Wildman–Crippen MR) is 74.2 cm³/mol. The average molecular weight is 294 g/mol. The number of aromatic nitrogens is 1. The number of carboxylic acids is 1. The van der Waals surface area contributed by atoms with Crippen molar-refractivity contribution in [3.63, 3.8) is 0 Å². The maximum absolute atomic E-state index is 12.2. The summed E-state index contributed by atoms with van der Waals surface area (Å²) in [5.74, 6) is -1.61. The van der Waals surface area contributed by atoms with Gasteiger partial charge >= 0.3 is 5.97 Å². The molecule has 1 amide bonds. The molecular formula is C13H14N2O4S. The van der Waals surface area contributed by atoms with Gasteiger partial charge < -0.3 is 20.1 Å². The summed E-state index contributed by atoms with van der Waals surface area (Å²) < 4.78 is 1.78. The van der Waals surface area contributed by atoms with Crippen LogP contribution in [0.15, 0.2) is 36.0 Å². The van der Waals surface area contributed by atoms with Gasteiger partial charge in [0, 0.05) is 25.4 Å². The fourth-order valence-electron chi connectivity index (χ4n) is 1.78. The molecule has 0 unspecified atom stereocenters. The molecule has 2 aromatic rings. The first kappa shape index (κ1) is 14.3. The molecule has 0 fully saturated rings. The summed E-state index contributed by atoms with van der Waals surface area (Å²) in [5.41, 5.74) is 0.700. The minimum Gasteiger partial charge on any atom is -0.480 e. The number of nitrogens with one attached hydrogen (secondary N) is 1. The van der Waals surface area contributed by atoms with E-state index < -0.39 is 17.9 Å². The molecule has 0 aliphatic rings. The Morgan fingerprint density at radius 3 is 2.65 bits per heavy atom. The second kappa shape index (κ2) is 6.36. The van der Waals surface area contributed by atoms with Crippen molar-refractivity contribution in [3.8, 4) is 5.69 Å². The van der Waals surface area contributed by atoms with Crippen LogP contribution in [-0.2, 0) is 4.79 Å². The highest BCUT2D eigenvalue weighted by atomic mass is 32.1. The lowest BCUT2D eigenvalue weighted by atomic mass is 10.2. The van der Waals surface area contributed by atoms with Crippen LogP contribution in [0.1, 0.15) is 16.1 Å². The summed E-state index contributed by atoms with van der Waals surface area (Å²) in [7, 11) is 0. The van der Waals surface area contributed by atoms with Crippen molar-refractivity contribution in [1.29, 1.82) is 0 Å². The van der Waals surface area contributed by atoms with Gasteiger partial charge in [-0.05, 0) is 23.6 Å². The molecule has 3 N–H and O–H groups in total. The number of aliphatic hydroxyl groups is 1. The first-order valence-electron chi connectivity index (χ1n) is 5.99. The zero-order chi connectivity index (χ0) is 14.5. The Bertz CT molecular complexity index is 591. The number of hydrogen-bond donors (Lipinski definition) is 3. The summed E-state index contributed by atoms with van der Waals surface area (Å²) in [5, 5.41) is 22.0. The summed E-state index contributed by atoms with van der Waals surface area (Å²) in [6.07, 6.45) is 3.59. The normalized spacial score (nSPS) is 12.1. The number of rotatable bonds is 6. The van der Waals surface area contributed by atoms with Gasteiger partial charge in [-0.2, -0.15) is 0 Å². The molecule has 2 heterocycles. The molecule has 2 rings (SSSR count). The number of carbonyl (C=O) groups is 2. The third kappa shape index (κ3) is 3.06. The second-order valence-electron chi connectivity index (χ2n) is 4.10. The Hall–Kier alpha value is -2.12. The molecule has 0 saturated carbocycles. The minimum absolute atomic E-state index is 0.0225. The predicted octanol–water partition coefficient (Wildman–Crippen LogP) is 1.10. The van der Waals surface area contributed by atoms with Gasteiger partial charge in [0.15, 0.2) is 0 Å². The van der Waals surface area contributed by atoms with Crippen molar-refractivity contribution in [3.05, 3.63) is 40.8 Å². The highest BCUT2D eigenvalue weighted by molar-refractivity contribution is 7.12. The van der Waals surface area contributed by atoms with Crippen LogP contribution in [0.25, 0.3) is 5.69 Å². The highest BCUT2D eigenvalue weighted by Crippen LogP contribution is 2.21. The van der Waals surface area contributed by atoms with Crippen molar-refractivity contribution in [2.24, 2.45) is 0 Å². The van der Waals surface area contributed by atoms with Crippen LogP contribution in [0.4, 0.5) is 0 Å². The van der Waals surface area contributed by atoms with Gasteiger partial charge in [0.05, 0.1) is 5.69 Å². The van der Waals surface area contributed by atoms with Crippen LogP contribution in [0.5, 0.6) is 0 Å². The first-order chi connectivity index (χ1) is 9.63. The third-order valence-electron chi connectivity index (χ3n) is 2.75. The van der Waals surface area contributed by atoms with E-state index in [1.807, 2.05) is 12.1 Å². The monoisotopic (exact) mass is 294 g/mol. The van der Waals surface area contributed by atoms with E-state index in [9.17, 15) is 9.59 Å². The molecule has 0 aliphatic carbocycles. The summed E-state index contributed by atoms with van der Waals surface area (Å²) in [4.78, 5) is 23.6. The SMILES string of the molecule is O=C(N[C@@H](CCO)C(=O)O)c1sccc1-n1cccc1. The highest BCUT2D eigenvalue weighted by Gasteiger charge is 2.22. The number of nitrogens with zero attached hydrogens (tertiary/aromatic N) is 1. The summed E-state index contributed by atoms with van der Waals surface area (Å²) in [6, 6.07) is 4.38. The molecule has 20 heavy (non-hydrogen) atoms. The molecule has 0 radical (unpaired) electrons. The molecule has 6 nitrogen and oxygen atoms in total. The van der Waals surface area contributed by atoms with E-state index in [1.165, 1.54) is 11.3 Å². The van der Waals surface area contributed by atoms with Crippen LogP contribution in [0, 0.1) is 0 Å². The molecule has 0 spiro atoms. The van der Waals surface area contributed by atoms with Gasteiger partial charge in [-0.3, -0.25) is 4.79 Å². The van der Waals surface area contributed by atoms with E-state index >= 15 is 0 Å². The molecule has 1 atom stereocenters. The zero-order valence-electron chi connectivity index (χ0n) is 10.5. The van der Waals surface area contributed by atoms with E-state index in [0.717, 1.165) is 0 Å². The lowest BCUT2D eigenvalue weighted by Crippen LogP contribution is -2.41. The summed E-state index contributed by atoms with van der Waals surface area (Å²) in [6.45, 7) is -0.299. The van der Waals surface area contributed by atoms with Gasteiger partial charge in [-0.25, -0.2) is 4.79 Å². The Balaban J connectivity index is 2.18. The maximum Gasteiger partial charge on any atom is 0.326 e. The van der Waals surface area contributed by atoms with E-state index in [0.29, 0.717) is 10.6 Å². The smallest absolute Gasteiger partial charge is 0.326 e. The Kier molecular flexibility index (Phi) is 4.54. The van der Waals surface area contributed by atoms with Gasteiger partial charge in [-0.15, -0.1) is 11.3 Å². The van der Waals surface area contributed by atoms with Gasteiger partial charge in [0.25, 0.3) is 5.91 Å². The molecule has 7 heteroatoms. The topological polar surface area (TPSA) is 91.6 Å². The fourth-order valence-corrected chi connectivity index (χ4v) is 2.57. The van der Waals surface area contributed by atoms with Crippen molar-refractivity contribution < 1.29 is 19.8 Å². The van der Waals surface area contributed by atoms with Gasteiger partial charge in [0.2, 0.25) is 0 Å². The lowest BCUT2D eigenvalue weighted by molar-refractivity contribution is -0.139. The summed E-state index contributed by atoms with van der Waals surface area (Å²) >= 11 is 1.24. The molecule has 0 aromatic carbocycles. The maximum atomic E-state index is 12.2. The van der Waals surface area contributed by atoms with Crippen LogP contribution >= 0.6 is 11.3 Å². The van der Waals surface area contributed by atoms with Crippen LogP contribution < -0.4 is 5.32 Å². The van der Waals surface area contributed by atoms with Crippen molar-refractivity contribution in [2.45, 2.75) is 12.5 Å². The number of aliphatic carboxylic acids is 1. The van der Waals surface area contributed by atoms with E-state index in [-0.39, 0.29) is 13.0 Å². The average Bonchev–Trinajstić information content (AvgIpc) is 3.08.